The number of piperidine rings is 1. The summed E-state index contributed by atoms with van der Waals surface area (Å²) in [5.41, 5.74) is -2.46. The Balaban J connectivity index is 1.20. The Labute approximate surface area is 344 Å². The number of nitrogens with zero attached hydrogens (tertiary/aromatic N) is 3. The molecule has 1 N–H and O–H groups in total. The minimum atomic E-state index is -5.11. The van der Waals surface area contributed by atoms with Crippen LogP contribution in [0.3, 0.4) is 0 Å². The molecule has 0 unspecified atom stereocenters. The molecule has 2 saturated heterocycles. The summed E-state index contributed by atoms with van der Waals surface area (Å²) in [6, 6.07) is 14.0. The minimum absolute atomic E-state index is 0.000658. The molecule has 2 aliphatic heterocycles. The molecular formula is C42H47Cl2F6N3O5. The van der Waals surface area contributed by atoms with Gasteiger partial charge in [-0.2, -0.15) is 26.3 Å². The van der Waals surface area contributed by atoms with E-state index in [1.165, 1.54) is 16.0 Å². The Morgan fingerprint density at radius 2 is 1.62 bits per heavy atom. The van der Waals surface area contributed by atoms with E-state index in [1.54, 1.807) is 23.1 Å². The van der Waals surface area contributed by atoms with Gasteiger partial charge < -0.3 is 29.3 Å². The van der Waals surface area contributed by atoms with E-state index in [0.29, 0.717) is 76.1 Å². The number of hydrogen-bond acceptors (Lipinski definition) is 6. The quantitative estimate of drug-likeness (QED) is 0.138. The number of aliphatic hydroxyl groups is 1. The van der Waals surface area contributed by atoms with Crippen LogP contribution in [0.2, 0.25) is 10.0 Å². The Hall–Kier alpha value is -3.40. The Morgan fingerprint density at radius 1 is 0.931 bits per heavy atom. The first kappa shape index (κ1) is 44.2. The highest BCUT2D eigenvalue weighted by atomic mass is 35.5. The number of alkyl halides is 6. The predicted octanol–water partition coefficient (Wildman–Crippen LogP) is 8.39. The predicted molar refractivity (Wildman–Crippen MR) is 207 cm³/mol. The number of rotatable bonds is 13. The first-order valence-electron chi connectivity index (χ1n) is 19.5. The van der Waals surface area contributed by atoms with Gasteiger partial charge in [-0.15, -0.1) is 0 Å². The number of aliphatic hydroxyl groups excluding tert-OH is 1. The minimum Gasteiger partial charge on any atom is -0.396 e. The van der Waals surface area contributed by atoms with Crippen molar-refractivity contribution in [3.63, 3.8) is 0 Å². The molecule has 3 aromatic rings. The summed E-state index contributed by atoms with van der Waals surface area (Å²) in [5, 5.41) is 9.66. The maximum Gasteiger partial charge on any atom is 0.416 e. The first-order chi connectivity index (χ1) is 27.5. The van der Waals surface area contributed by atoms with E-state index in [1.807, 2.05) is 19.1 Å². The van der Waals surface area contributed by atoms with Crippen LogP contribution in [0.1, 0.15) is 77.2 Å². The highest BCUT2D eigenvalue weighted by molar-refractivity contribution is 6.42. The van der Waals surface area contributed by atoms with E-state index >= 15 is 0 Å². The molecule has 316 valence electrons. The zero-order valence-corrected chi connectivity index (χ0v) is 33.6. The average Bonchev–Trinajstić information content (AvgIpc) is 3.50. The molecule has 6 rings (SSSR count). The molecule has 0 aromatic heterocycles. The van der Waals surface area contributed by atoms with Crippen molar-refractivity contribution in [3.05, 3.63) is 104 Å². The normalized spacial score (nSPS) is 21.0. The number of ether oxygens (including phenoxy) is 2. The van der Waals surface area contributed by atoms with Crippen molar-refractivity contribution in [1.82, 2.24) is 14.7 Å². The standard InChI is InChI=1S/C42H47Cl2F6N3O5/c1-2-52(14-5-6-19-54)37(55)26-57-36-23-28-7-3-4-8-33(28)39(36)11-15-51(16-12-39)17-13-40(30-9-10-34(43)35(44)25-30)27-53(18-20-58-40)38(56)29-21-31(41(45,46)47)24-32(22-29)42(48,49)50/h3-4,7-10,21-22,24-25,36,54H,2,5-6,11-20,23,26-27H2,1H3/t36-,40-/m0/s1. The highest BCUT2D eigenvalue weighted by Crippen LogP contribution is 2.48. The molecule has 3 aliphatic rings. The van der Waals surface area contributed by atoms with E-state index in [2.05, 4.69) is 17.0 Å². The second-order valence-corrected chi connectivity index (χ2v) is 16.1. The summed E-state index contributed by atoms with van der Waals surface area (Å²) in [6.07, 6.45) is -6.66. The lowest BCUT2D eigenvalue weighted by atomic mass is 9.72. The van der Waals surface area contributed by atoms with Gasteiger partial charge in [0.1, 0.15) is 12.2 Å². The summed E-state index contributed by atoms with van der Waals surface area (Å²) in [4.78, 5) is 32.3. The molecular weight excluding hydrogens is 811 g/mol. The lowest BCUT2D eigenvalue weighted by Crippen LogP contribution is -2.54. The van der Waals surface area contributed by atoms with E-state index in [0.717, 1.165) is 12.8 Å². The number of morpholine rings is 1. The molecule has 0 radical (unpaired) electrons. The van der Waals surface area contributed by atoms with Crippen molar-refractivity contribution in [2.45, 2.75) is 74.9 Å². The molecule has 8 nitrogen and oxygen atoms in total. The molecule has 1 aliphatic carbocycles. The number of hydrogen-bond donors (Lipinski definition) is 1. The molecule has 16 heteroatoms. The van der Waals surface area contributed by atoms with Crippen LogP contribution in [0.25, 0.3) is 0 Å². The summed E-state index contributed by atoms with van der Waals surface area (Å²) in [6.45, 7) is 4.58. The maximum absolute atomic E-state index is 13.8. The topological polar surface area (TPSA) is 82.5 Å². The molecule has 3 aromatic carbocycles. The fourth-order valence-corrected chi connectivity index (χ4v) is 8.98. The van der Waals surface area contributed by atoms with Crippen LogP contribution in [0.15, 0.2) is 60.7 Å². The third-order valence-electron chi connectivity index (χ3n) is 11.9. The summed E-state index contributed by atoms with van der Waals surface area (Å²) in [7, 11) is 0. The SMILES string of the molecule is CCN(CCCCO)C(=O)CO[C@H]1Cc2ccccc2C12CCN(CC[C@@]1(c3ccc(Cl)c(Cl)c3)CN(C(=O)c3cc(C(F)(F)F)cc(C(F)(F)F)c3)CCO1)CC2. The van der Waals surface area contributed by atoms with Gasteiger partial charge in [0.2, 0.25) is 5.91 Å². The molecule has 2 atom stereocenters. The Morgan fingerprint density at radius 3 is 2.26 bits per heavy atom. The molecule has 0 bridgehead atoms. The number of halogens is 8. The van der Waals surface area contributed by atoms with Crippen LogP contribution in [0, 0.1) is 0 Å². The van der Waals surface area contributed by atoms with Crippen LogP contribution in [-0.4, -0.2) is 103 Å². The highest BCUT2D eigenvalue weighted by Gasteiger charge is 2.50. The van der Waals surface area contributed by atoms with Gasteiger partial charge in [0.15, 0.2) is 0 Å². The third kappa shape index (κ3) is 9.63. The summed E-state index contributed by atoms with van der Waals surface area (Å²) < 4.78 is 95.2. The average molecular weight is 859 g/mol. The van der Waals surface area contributed by atoms with E-state index in [9.17, 15) is 41.0 Å². The number of fused-ring (bicyclic) bond motifs is 2. The van der Waals surface area contributed by atoms with Crippen LogP contribution >= 0.6 is 23.2 Å². The van der Waals surface area contributed by atoms with Crippen molar-refractivity contribution >= 4 is 35.0 Å². The number of carbonyl (C=O) groups excluding carboxylic acids is 2. The van der Waals surface area contributed by atoms with Gasteiger partial charge in [-0.25, -0.2) is 0 Å². The second-order valence-electron chi connectivity index (χ2n) is 15.3. The van der Waals surface area contributed by atoms with Crippen molar-refractivity contribution in [2.75, 3.05) is 65.6 Å². The van der Waals surface area contributed by atoms with Gasteiger partial charge >= 0.3 is 12.4 Å². The van der Waals surface area contributed by atoms with Crippen LogP contribution in [0.5, 0.6) is 0 Å². The fraction of sp³-hybridized carbons (Fsp3) is 0.524. The smallest absolute Gasteiger partial charge is 0.396 e. The van der Waals surface area contributed by atoms with Gasteiger partial charge in [-0.05, 0) is 106 Å². The second kappa shape index (κ2) is 18.1. The van der Waals surface area contributed by atoms with Crippen molar-refractivity contribution in [3.8, 4) is 0 Å². The number of unbranched alkanes of at least 4 members (excludes halogenated alkanes) is 1. The van der Waals surface area contributed by atoms with Crippen molar-refractivity contribution in [2.24, 2.45) is 0 Å². The molecule has 2 fully saturated rings. The van der Waals surface area contributed by atoms with Gasteiger partial charge in [-0.1, -0.05) is 53.5 Å². The van der Waals surface area contributed by atoms with Crippen LogP contribution < -0.4 is 0 Å². The lowest BCUT2D eigenvalue weighted by Gasteiger charge is -2.46. The zero-order chi connectivity index (χ0) is 41.9. The number of likely N-dealkylation sites (N-methyl/N-ethyl adjacent to an activating group) is 1. The molecule has 1 spiro atoms. The molecule has 2 amide bonds. The largest absolute Gasteiger partial charge is 0.416 e. The Kier molecular flexibility index (Phi) is 13.8. The van der Waals surface area contributed by atoms with Gasteiger partial charge in [-0.3, -0.25) is 9.59 Å². The summed E-state index contributed by atoms with van der Waals surface area (Å²) >= 11 is 12.7. The van der Waals surface area contributed by atoms with Crippen molar-refractivity contribution in [1.29, 1.82) is 0 Å². The summed E-state index contributed by atoms with van der Waals surface area (Å²) in [5.74, 6) is -1.08. The van der Waals surface area contributed by atoms with E-state index in [4.69, 9.17) is 32.7 Å². The Bertz CT molecular complexity index is 1910. The number of carbonyl (C=O) groups is 2. The monoisotopic (exact) mass is 857 g/mol. The maximum atomic E-state index is 13.8. The number of benzene rings is 3. The van der Waals surface area contributed by atoms with Crippen LogP contribution in [0.4, 0.5) is 26.3 Å². The molecule has 0 saturated carbocycles. The lowest BCUT2D eigenvalue weighted by molar-refractivity contribution is -0.143. The van der Waals surface area contributed by atoms with Crippen molar-refractivity contribution < 1.29 is 50.5 Å². The molecule has 58 heavy (non-hydrogen) atoms. The van der Waals surface area contributed by atoms with Crippen LogP contribution in [-0.2, 0) is 44.1 Å². The fourth-order valence-electron chi connectivity index (χ4n) is 8.68. The zero-order valence-electron chi connectivity index (χ0n) is 32.1. The van der Waals surface area contributed by atoms with Gasteiger partial charge in [0.25, 0.3) is 5.91 Å². The number of amides is 2. The molecule has 2 heterocycles. The van der Waals surface area contributed by atoms with Gasteiger partial charge in [0, 0.05) is 43.8 Å². The van der Waals surface area contributed by atoms with E-state index in [-0.39, 0.29) is 66.4 Å². The third-order valence-corrected chi connectivity index (χ3v) is 12.6. The number of likely N-dealkylation sites (tertiary alicyclic amines) is 1. The van der Waals surface area contributed by atoms with Gasteiger partial charge in [0.05, 0.1) is 40.4 Å². The van der Waals surface area contributed by atoms with E-state index < -0.39 is 40.6 Å². The first-order valence-corrected chi connectivity index (χ1v) is 20.2.